The number of nitrogens with one attached hydrogen (secondary N) is 2. The summed E-state index contributed by atoms with van der Waals surface area (Å²) in [6.07, 6.45) is -2.83. The molecule has 1 aliphatic rings. The zero-order valence-electron chi connectivity index (χ0n) is 15.6. The number of aryl methyl sites for hydroxylation is 1. The third-order valence-corrected chi connectivity index (χ3v) is 4.16. The second-order valence-electron chi connectivity index (χ2n) is 6.35. The lowest BCUT2D eigenvalue weighted by Gasteiger charge is -2.29. The first-order valence-corrected chi connectivity index (χ1v) is 8.73. The number of fused-ring (bicyclic) bond motifs is 1. The molecular formula is C18H18F3N5O3. The highest BCUT2D eigenvalue weighted by molar-refractivity contribution is 6.07. The van der Waals surface area contributed by atoms with Gasteiger partial charge in [0.25, 0.3) is 0 Å². The Balaban J connectivity index is 1.76. The van der Waals surface area contributed by atoms with Crippen molar-refractivity contribution in [1.29, 1.82) is 0 Å². The average Bonchev–Trinajstić information content (AvgIpc) is 2.64. The molecule has 0 fully saturated rings. The molecule has 0 saturated heterocycles. The molecule has 0 spiro atoms. The van der Waals surface area contributed by atoms with Gasteiger partial charge in [0.1, 0.15) is 12.3 Å². The van der Waals surface area contributed by atoms with Gasteiger partial charge < -0.3 is 15.4 Å². The minimum Gasteiger partial charge on any atom is -0.406 e. The first kappa shape index (κ1) is 20.4. The van der Waals surface area contributed by atoms with Crippen LogP contribution in [0.3, 0.4) is 0 Å². The van der Waals surface area contributed by atoms with Gasteiger partial charge in [-0.05, 0) is 31.0 Å². The summed E-state index contributed by atoms with van der Waals surface area (Å²) >= 11 is 0. The number of halogens is 3. The Labute approximate surface area is 164 Å². The molecule has 29 heavy (non-hydrogen) atoms. The predicted octanol–water partition coefficient (Wildman–Crippen LogP) is 3.30. The maximum atomic E-state index is 12.8. The molecule has 2 aromatic rings. The zero-order chi connectivity index (χ0) is 21.2. The van der Waals surface area contributed by atoms with Crippen molar-refractivity contribution in [3.8, 4) is 5.75 Å². The molecule has 0 saturated carbocycles. The second-order valence-corrected chi connectivity index (χ2v) is 6.35. The summed E-state index contributed by atoms with van der Waals surface area (Å²) in [5.74, 6) is -0.349. The van der Waals surface area contributed by atoms with E-state index in [-0.39, 0.29) is 23.9 Å². The number of aromatic nitrogens is 2. The van der Waals surface area contributed by atoms with E-state index in [0.717, 1.165) is 0 Å². The van der Waals surface area contributed by atoms with E-state index in [2.05, 4.69) is 25.3 Å². The summed E-state index contributed by atoms with van der Waals surface area (Å²) in [6.45, 7) is 3.29. The monoisotopic (exact) mass is 409 g/mol. The van der Waals surface area contributed by atoms with Gasteiger partial charge in [-0.1, -0.05) is 19.1 Å². The van der Waals surface area contributed by atoms with Crippen molar-refractivity contribution in [3.05, 3.63) is 41.7 Å². The number of hydrogen-bond donors (Lipinski definition) is 2. The number of amides is 3. The minimum atomic E-state index is -4.78. The molecule has 1 aromatic heterocycles. The fourth-order valence-corrected chi connectivity index (χ4v) is 2.86. The van der Waals surface area contributed by atoms with Crippen LogP contribution in [0.2, 0.25) is 0 Å². The number of nitrogens with zero attached hydrogens (tertiary/aromatic N) is 3. The lowest BCUT2D eigenvalue weighted by atomic mass is 10.0. The number of carbonyl (C=O) groups excluding carboxylic acids is 2. The standard InChI is InChI=1S/C18H18F3N5O3/c1-3-13(11-4-6-12(7-5-11)29-18(19,20)21)24-17(28)26-9-14(27)25-15-16(26)22-8-10(2)23-15/h4-8,13H,3,9H2,1-2H3,(H,24,28)(H,23,25,27). The van der Waals surface area contributed by atoms with Gasteiger partial charge in [0.05, 0.1) is 17.9 Å². The molecule has 0 radical (unpaired) electrons. The highest BCUT2D eigenvalue weighted by Crippen LogP contribution is 2.27. The van der Waals surface area contributed by atoms with Gasteiger partial charge in [0.15, 0.2) is 11.6 Å². The van der Waals surface area contributed by atoms with Gasteiger partial charge in [-0.3, -0.25) is 9.69 Å². The zero-order valence-corrected chi connectivity index (χ0v) is 15.6. The first-order valence-electron chi connectivity index (χ1n) is 8.73. The van der Waals surface area contributed by atoms with Crippen molar-refractivity contribution in [2.45, 2.75) is 32.7 Å². The van der Waals surface area contributed by atoms with E-state index in [4.69, 9.17) is 0 Å². The van der Waals surface area contributed by atoms with E-state index in [1.54, 1.807) is 6.92 Å². The number of ether oxygens (including phenoxy) is 1. The Morgan fingerprint density at radius 2 is 2.03 bits per heavy atom. The molecule has 1 aliphatic heterocycles. The van der Waals surface area contributed by atoms with Gasteiger partial charge in [-0.25, -0.2) is 14.8 Å². The number of carbonyl (C=O) groups is 2. The Morgan fingerprint density at radius 3 is 2.66 bits per heavy atom. The van der Waals surface area contributed by atoms with Crippen molar-refractivity contribution >= 4 is 23.6 Å². The molecule has 0 aliphatic carbocycles. The van der Waals surface area contributed by atoms with E-state index in [9.17, 15) is 22.8 Å². The molecule has 11 heteroatoms. The number of alkyl halides is 3. The van der Waals surface area contributed by atoms with Crippen LogP contribution in [0.4, 0.5) is 29.6 Å². The first-order chi connectivity index (χ1) is 13.7. The molecule has 2 heterocycles. The third kappa shape index (κ3) is 4.92. The summed E-state index contributed by atoms with van der Waals surface area (Å²) in [5.41, 5.74) is 1.17. The van der Waals surface area contributed by atoms with Gasteiger partial charge in [-0.2, -0.15) is 0 Å². The van der Waals surface area contributed by atoms with Crippen LogP contribution in [-0.4, -0.2) is 34.8 Å². The van der Waals surface area contributed by atoms with Crippen molar-refractivity contribution in [1.82, 2.24) is 15.3 Å². The van der Waals surface area contributed by atoms with Crippen LogP contribution in [0, 0.1) is 6.92 Å². The average molecular weight is 409 g/mol. The normalized spacial score (nSPS) is 14.7. The van der Waals surface area contributed by atoms with Crippen LogP contribution in [0.15, 0.2) is 30.5 Å². The largest absolute Gasteiger partial charge is 0.573 e. The SMILES string of the molecule is CCC(NC(=O)N1CC(=O)Nc2nc(C)cnc21)c1ccc(OC(F)(F)F)cc1. The summed E-state index contributed by atoms with van der Waals surface area (Å²) < 4.78 is 40.7. The summed E-state index contributed by atoms with van der Waals surface area (Å²) in [6, 6.07) is 4.17. The van der Waals surface area contributed by atoms with Crippen LogP contribution in [0.1, 0.15) is 30.6 Å². The van der Waals surface area contributed by atoms with Gasteiger partial charge in [0.2, 0.25) is 5.91 Å². The molecule has 8 nitrogen and oxygen atoms in total. The van der Waals surface area contributed by atoms with E-state index in [1.165, 1.54) is 35.4 Å². The van der Waals surface area contributed by atoms with Crippen LogP contribution in [0.5, 0.6) is 5.75 Å². The molecule has 1 aromatic carbocycles. The van der Waals surface area contributed by atoms with Crippen LogP contribution in [-0.2, 0) is 4.79 Å². The number of urea groups is 1. The van der Waals surface area contributed by atoms with E-state index in [0.29, 0.717) is 17.7 Å². The molecular weight excluding hydrogens is 391 g/mol. The highest BCUT2D eigenvalue weighted by Gasteiger charge is 2.32. The molecule has 3 amide bonds. The Hall–Kier alpha value is -3.37. The fraction of sp³-hybridized carbons (Fsp3) is 0.333. The maximum Gasteiger partial charge on any atom is 0.573 e. The maximum absolute atomic E-state index is 12.8. The number of hydrogen-bond acceptors (Lipinski definition) is 5. The summed E-state index contributed by atoms with van der Waals surface area (Å²) in [5, 5.41) is 5.34. The fourth-order valence-electron chi connectivity index (χ4n) is 2.86. The lowest BCUT2D eigenvalue weighted by molar-refractivity contribution is -0.274. The van der Waals surface area contributed by atoms with Crippen molar-refractivity contribution < 1.29 is 27.5 Å². The molecule has 154 valence electrons. The smallest absolute Gasteiger partial charge is 0.406 e. The Morgan fingerprint density at radius 1 is 1.34 bits per heavy atom. The topological polar surface area (TPSA) is 96.5 Å². The molecule has 1 atom stereocenters. The predicted molar refractivity (Wildman–Crippen MR) is 97.4 cm³/mol. The quantitative estimate of drug-likeness (QED) is 0.808. The van der Waals surface area contributed by atoms with Crippen molar-refractivity contribution in [2.24, 2.45) is 0 Å². The van der Waals surface area contributed by atoms with Gasteiger partial charge in [0, 0.05) is 0 Å². The van der Waals surface area contributed by atoms with E-state index in [1.807, 2.05) is 6.92 Å². The number of rotatable bonds is 4. The third-order valence-electron chi connectivity index (χ3n) is 4.16. The second kappa shape index (κ2) is 7.94. The van der Waals surface area contributed by atoms with E-state index < -0.39 is 24.3 Å². The van der Waals surface area contributed by atoms with Gasteiger partial charge >= 0.3 is 12.4 Å². The van der Waals surface area contributed by atoms with E-state index >= 15 is 0 Å². The van der Waals surface area contributed by atoms with Gasteiger partial charge in [-0.15, -0.1) is 13.2 Å². The number of anilines is 2. The Kier molecular flexibility index (Phi) is 5.57. The van der Waals surface area contributed by atoms with Crippen molar-refractivity contribution in [2.75, 3.05) is 16.8 Å². The molecule has 1 unspecified atom stereocenters. The van der Waals surface area contributed by atoms with Crippen molar-refractivity contribution in [3.63, 3.8) is 0 Å². The van der Waals surface area contributed by atoms with Crippen LogP contribution < -0.4 is 20.3 Å². The van der Waals surface area contributed by atoms with Crippen LogP contribution >= 0.6 is 0 Å². The summed E-state index contributed by atoms with van der Waals surface area (Å²) in [7, 11) is 0. The van der Waals surface area contributed by atoms with Crippen LogP contribution in [0.25, 0.3) is 0 Å². The number of benzene rings is 1. The highest BCUT2D eigenvalue weighted by atomic mass is 19.4. The summed E-state index contributed by atoms with van der Waals surface area (Å²) in [4.78, 5) is 34.2. The Bertz CT molecular complexity index is 918. The molecule has 0 bridgehead atoms. The molecule has 2 N–H and O–H groups in total. The lowest BCUT2D eigenvalue weighted by Crippen LogP contribution is -2.48. The molecule has 3 rings (SSSR count). The minimum absolute atomic E-state index is 0.193.